The highest BCUT2D eigenvalue weighted by molar-refractivity contribution is 5.94. The molecule has 3 rings (SSSR count). The fourth-order valence-electron chi connectivity index (χ4n) is 2.85. The van der Waals surface area contributed by atoms with Gasteiger partial charge in [-0.2, -0.15) is 0 Å². The first-order valence-electron chi connectivity index (χ1n) is 9.46. The van der Waals surface area contributed by atoms with Crippen LogP contribution < -0.4 is 9.64 Å². The number of hydrogen-bond acceptors (Lipinski definition) is 4. The van der Waals surface area contributed by atoms with E-state index >= 15 is 0 Å². The number of rotatable bonds is 8. The molecule has 0 atom stereocenters. The van der Waals surface area contributed by atoms with Gasteiger partial charge in [0.05, 0.1) is 18.7 Å². The van der Waals surface area contributed by atoms with Crippen molar-refractivity contribution in [3.8, 4) is 5.75 Å². The van der Waals surface area contributed by atoms with Crippen molar-refractivity contribution in [1.82, 2.24) is 0 Å². The molecule has 0 aliphatic carbocycles. The highest BCUT2D eigenvalue weighted by Crippen LogP contribution is 2.19. The molecule has 0 bridgehead atoms. The Morgan fingerprint density at radius 1 is 0.862 bits per heavy atom. The van der Waals surface area contributed by atoms with Gasteiger partial charge >= 0.3 is 5.97 Å². The second kappa shape index (κ2) is 10.1. The summed E-state index contributed by atoms with van der Waals surface area (Å²) in [6, 6.07) is 25.9. The number of carbonyl (C=O) groups is 2. The first-order valence-corrected chi connectivity index (χ1v) is 9.46. The largest absolute Gasteiger partial charge is 0.484 e. The van der Waals surface area contributed by atoms with Gasteiger partial charge in [-0.25, -0.2) is 4.79 Å². The van der Waals surface area contributed by atoms with Gasteiger partial charge in [-0.05, 0) is 42.8 Å². The summed E-state index contributed by atoms with van der Waals surface area (Å²) >= 11 is 0. The minimum atomic E-state index is -0.417. The van der Waals surface area contributed by atoms with Crippen LogP contribution in [0.4, 0.5) is 5.69 Å². The van der Waals surface area contributed by atoms with Crippen LogP contribution in [-0.4, -0.2) is 25.1 Å². The van der Waals surface area contributed by atoms with E-state index in [1.165, 1.54) is 0 Å². The lowest BCUT2D eigenvalue weighted by atomic mass is 10.2. The van der Waals surface area contributed by atoms with Crippen LogP contribution in [0.15, 0.2) is 84.9 Å². The number of nitrogens with zero attached hydrogens (tertiary/aromatic N) is 1. The average Bonchev–Trinajstić information content (AvgIpc) is 2.77. The van der Waals surface area contributed by atoms with Crippen LogP contribution in [0.3, 0.4) is 0 Å². The molecule has 3 aromatic carbocycles. The molecule has 0 aliphatic heterocycles. The Morgan fingerprint density at radius 2 is 1.55 bits per heavy atom. The molecule has 5 heteroatoms. The molecule has 0 fully saturated rings. The zero-order chi connectivity index (χ0) is 20.5. The van der Waals surface area contributed by atoms with Gasteiger partial charge in [0.15, 0.2) is 6.61 Å². The van der Waals surface area contributed by atoms with Gasteiger partial charge in [-0.15, -0.1) is 0 Å². The maximum absolute atomic E-state index is 13.0. The molecule has 0 saturated heterocycles. The van der Waals surface area contributed by atoms with Crippen molar-refractivity contribution >= 4 is 17.6 Å². The molecule has 0 heterocycles. The van der Waals surface area contributed by atoms with Gasteiger partial charge in [-0.1, -0.05) is 54.6 Å². The zero-order valence-electron chi connectivity index (χ0n) is 16.3. The molecular weight excluding hydrogens is 366 g/mol. The van der Waals surface area contributed by atoms with E-state index in [-0.39, 0.29) is 12.5 Å². The normalized spacial score (nSPS) is 10.2. The van der Waals surface area contributed by atoms with E-state index in [2.05, 4.69) is 0 Å². The van der Waals surface area contributed by atoms with Crippen LogP contribution >= 0.6 is 0 Å². The molecule has 0 N–H and O–H groups in total. The number of esters is 1. The Hall–Kier alpha value is -3.60. The Kier molecular flexibility index (Phi) is 7.00. The molecule has 0 spiro atoms. The summed E-state index contributed by atoms with van der Waals surface area (Å²) in [6.45, 7) is 2.35. The maximum Gasteiger partial charge on any atom is 0.338 e. The molecule has 148 valence electrons. The number of para-hydroxylation sites is 1. The number of carbonyl (C=O) groups excluding carboxylic acids is 2. The minimum absolute atomic E-state index is 0.145. The number of benzene rings is 3. The molecule has 0 radical (unpaired) electrons. The van der Waals surface area contributed by atoms with Crippen molar-refractivity contribution in [2.45, 2.75) is 13.5 Å². The van der Waals surface area contributed by atoms with Gasteiger partial charge in [0.1, 0.15) is 5.75 Å². The Morgan fingerprint density at radius 3 is 2.24 bits per heavy atom. The second-order valence-corrected chi connectivity index (χ2v) is 6.34. The van der Waals surface area contributed by atoms with Crippen molar-refractivity contribution < 1.29 is 19.1 Å². The average molecular weight is 389 g/mol. The summed E-state index contributed by atoms with van der Waals surface area (Å²) in [4.78, 5) is 26.5. The van der Waals surface area contributed by atoms with Crippen LogP contribution in [0.25, 0.3) is 0 Å². The SMILES string of the molecule is CCOC(=O)c1cccc(OCC(=O)N(Cc2ccccc2)c2ccccc2)c1. The van der Waals surface area contributed by atoms with Gasteiger partial charge in [0.2, 0.25) is 0 Å². The smallest absolute Gasteiger partial charge is 0.338 e. The number of hydrogen-bond donors (Lipinski definition) is 0. The molecule has 29 heavy (non-hydrogen) atoms. The molecule has 3 aromatic rings. The molecular formula is C24H23NO4. The lowest BCUT2D eigenvalue weighted by Crippen LogP contribution is -2.34. The summed E-state index contributed by atoms with van der Waals surface area (Å²) in [6.07, 6.45) is 0. The summed E-state index contributed by atoms with van der Waals surface area (Å²) < 4.78 is 10.7. The van der Waals surface area contributed by atoms with Gasteiger partial charge in [0.25, 0.3) is 5.91 Å². The molecule has 0 aliphatic rings. The van der Waals surface area contributed by atoms with Crippen molar-refractivity contribution in [2.75, 3.05) is 18.1 Å². The van der Waals surface area contributed by atoms with E-state index in [0.717, 1.165) is 11.3 Å². The zero-order valence-corrected chi connectivity index (χ0v) is 16.3. The van der Waals surface area contributed by atoms with E-state index in [4.69, 9.17) is 9.47 Å². The lowest BCUT2D eigenvalue weighted by Gasteiger charge is -2.23. The predicted molar refractivity (Wildman–Crippen MR) is 112 cm³/mol. The van der Waals surface area contributed by atoms with Gasteiger partial charge in [0, 0.05) is 5.69 Å². The van der Waals surface area contributed by atoms with Crippen LogP contribution in [0.1, 0.15) is 22.8 Å². The van der Waals surface area contributed by atoms with Crippen LogP contribution in [0.5, 0.6) is 5.75 Å². The van der Waals surface area contributed by atoms with Crippen molar-refractivity contribution in [2.24, 2.45) is 0 Å². The van der Waals surface area contributed by atoms with E-state index < -0.39 is 5.97 Å². The van der Waals surface area contributed by atoms with Crippen molar-refractivity contribution in [1.29, 1.82) is 0 Å². The predicted octanol–water partition coefficient (Wildman–Crippen LogP) is 4.48. The third-order valence-corrected chi connectivity index (χ3v) is 4.26. The standard InChI is InChI=1S/C24H23NO4/c1-2-28-24(27)20-12-9-15-22(16-20)29-18-23(26)25(21-13-7-4-8-14-21)17-19-10-5-3-6-11-19/h3-16H,2,17-18H2,1H3. The number of ether oxygens (including phenoxy) is 2. The summed E-state index contributed by atoms with van der Waals surface area (Å²) in [5, 5.41) is 0. The molecule has 0 unspecified atom stereocenters. The molecule has 5 nitrogen and oxygen atoms in total. The summed E-state index contributed by atoms with van der Waals surface area (Å²) in [5.41, 5.74) is 2.21. The van der Waals surface area contributed by atoms with E-state index in [0.29, 0.717) is 24.5 Å². The third kappa shape index (κ3) is 5.69. The first-order chi connectivity index (χ1) is 14.2. The molecule has 1 amide bonds. The van der Waals surface area contributed by atoms with Crippen LogP contribution in [0, 0.1) is 0 Å². The Balaban J connectivity index is 1.72. The van der Waals surface area contributed by atoms with E-state index in [1.807, 2.05) is 60.7 Å². The fraction of sp³-hybridized carbons (Fsp3) is 0.167. The summed E-state index contributed by atoms with van der Waals surface area (Å²) in [5.74, 6) is -0.155. The second-order valence-electron chi connectivity index (χ2n) is 6.34. The maximum atomic E-state index is 13.0. The fourth-order valence-corrected chi connectivity index (χ4v) is 2.85. The number of amides is 1. The van der Waals surface area contributed by atoms with Crippen LogP contribution in [-0.2, 0) is 16.1 Å². The lowest BCUT2D eigenvalue weighted by molar-refractivity contribution is -0.120. The first kappa shape index (κ1) is 20.1. The van der Waals surface area contributed by atoms with Gasteiger partial charge in [-0.3, -0.25) is 4.79 Å². The van der Waals surface area contributed by atoms with E-state index in [9.17, 15) is 9.59 Å². The highest BCUT2D eigenvalue weighted by atomic mass is 16.5. The Labute approximate surface area is 170 Å². The minimum Gasteiger partial charge on any atom is -0.484 e. The highest BCUT2D eigenvalue weighted by Gasteiger charge is 2.17. The summed E-state index contributed by atoms with van der Waals surface area (Å²) in [7, 11) is 0. The monoisotopic (exact) mass is 389 g/mol. The van der Waals surface area contributed by atoms with Gasteiger partial charge < -0.3 is 14.4 Å². The van der Waals surface area contributed by atoms with Crippen LogP contribution in [0.2, 0.25) is 0 Å². The molecule has 0 aromatic heterocycles. The number of anilines is 1. The Bertz CT molecular complexity index is 941. The quantitative estimate of drug-likeness (QED) is 0.533. The third-order valence-electron chi connectivity index (χ3n) is 4.26. The topological polar surface area (TPSA) is 55.8 Å². The van der Waals surface area contributed by atoms with Crippen molar-refractivity contribution in [3.05, 3.63) is 96.1 Å². The van der Waals surface area contributed by atoms with Crippen molar-refractivity contribution in [3.63, 3.8) is 0 Å². The molecule has 0 saturated carbocycles. The van der Waals surface area contributed by atoms with E-state index in [1.54, 1.807) is 36.1 Å².